The van der Waals surface area contributed by atoms with Crippen molar-refractivity contribution in [2.24, 2.45) is 0 Å². The first-order chi connectivity index (χ1) is 5.72. The molecule has 1 heteroatoms. The molecule has 0 heterocycles. The van der Waals surface area contributed by atoms with Crippen molar-refractivity contribution in [3.05, 3.63) is 6.92 Å². The van der Waals surface area contributed by atoms with E-state index in [1.807, 2.05) is 0 Å². The minimum absolute atomic E-state index is 0.697. The highest BCUT2D eigenvalue weighted by Crippen LogP contribution is 2.03. The zero-order chi connectivity index (χ0) is 9.40. The Morgan fingerprint density at radius 2 is 1.75 bits per heavy atom. The maximum absolute atomic E-state index is 3.87. The second-order valence-electron chi connectivity index (χ2n) is 3.69. The molecule has 0 N–H and O–H groups in total. The van der Waals surface area contributed by atoms with Gasteiger partial charge in [-0.1, -0.05) is 26.7 Å². The zero-order valence-electron chi connectivity index (χ0n) is 8.97. The van der Waals surface area contributed by atoms with Gasteiger partial charge in [-0.25, -0.2) is 0 Å². The van der Waals surface area contributed by atoms with Crippen molar-refractivity contribution in [3.8, 4) is 0 Å². The van der Waals surface area contributed by atoms with Gasteiger partial charge in [0.2, 0.25) is 0 Å². The van der Waals surface area contributed by atoms with E-state index in [0.717, 1.165) is 6.42 Å². The molecule has 0 unspecified atom stereocenters. The lowest BCUT2D eigenvalue weighted by Gasteiger charge is -2.25. The highest BCUT2D eigenvalue weighted by Gasteiger charge is 2.06. The van der Waals surface area contributed by atoms with Crippen LogP contribution in [0.4, 0.5) is 0 Å². The Bertz CT molecular complexity index is 81.0. The summed E-state index contributed by atoms with van der Waals surface area (Å²) in [4.78, 5) is 2.55. The van der Waals surface area contributed by atoms with Crippen LogP contribution in [0.1, 0.15) is 46.5 Å². The smallest absolute Gasteiger partial charge is 0.00385 e. The van der Waals surface area contributed by atoms with Crippen LogP contribution in [-0.2, 0) is 0 Å². The van der Waals surface area contributed by atoms with E-state index in [1.165, 1.54) is 32.4 Å². The SMILES string of the molecule is [CH2]CCCN(CCCC)C(C)C. The molecule has 0 aliphatic carbocycles. The summed E-state index contributed by atoms with van der Waals surface area (Å²) in [6.45, 7) is 13.2. The summed E-state index contributed by atoms with van der Waals surface area (Å²) in [5.74, 6) is 0. The second-order valence-corrected chi connectivity index (χ2v) is 3.69. The van der Waals surface area contributed by atoms with Gasteiger partial charge in [-0.15, -0.1) is 0 Å². The summed E-state index contributed by atoms with van der Waals surface area (Å²) in [5.41, 5.74) is 0. The lowest BCUT2D eigenvalue weighted by Crippen LogP contribution is -2.32. The van der Waals surface area contributed by atoms with E-state index in [1.54, 1.807) is 0 Å². The largest absolute Gasteiger partial charge is 0.301 e. The molecule has 12 heavy (non-hydrogen) atoms. The van der Waals surface area contributed by atoms with Crippen LogP contribution in [0.25, 0.3) is 0 Å². The maximum atomic E-state index is 3.87. The summed E-state index contributed by atoms with van der Waals surface area (Å²) in [5, 5.41) is 0. The molecule has 0 aromatic rings. The lowest BCUT2D eigenvalue weighted by atomic mass is 10.2. The molecule has 1 radical (unpaired) electrons. The molecular weight excluding hydrogens is 146 g/mol. The Hall–Kier alpha value is -0.0400. The first kappa shape index (κ1) is 12.0. The number of rotatable bonds is 7. The topological polar surface area (TPSA) is 3.24 Å². The van der Waals surface area contributed by atoms with E-state index in [9.17, 15) is 0 Å². The quantitative estimate of drug-likeness (QED) is 0.567. The Kier molecular flexibility index (Phi) is 7.58. The molecule has 0 saturated heterocycles. The summed E-state index contributed by atoms with van der Waals surface area (Å²) >= 11 is 0. The molecule has 0 saturated carbocycles. The first-order valence-electron chi connectivity index (χ1n) is 5.25. The van der Waals surface area contributed by atoms with E-state index in [4.69, 9.17) is 0 Å². The van der Waals surface area contributed by atoms with Crippen LogP contribution >= 0.6 is 0 Å². The minimum Gasteiger partial charge on any atom is -0.301 e. The van der Waals surface area contributed by atoms with Gasteiger partial charge in [0.25, 0.3) is 0 Å². The van der Waals surface area contributed by atoms with Crippen molar-refractivity contribution in [2.45, 2.75) is 52.5 Å². The monoisotopic (exact) mass is 170 g/mol. The molecule has 0 rings (SSSR count). The Labute approximate surface area is 78.1 Å². The van der Waals surface area contributed by atoms with Crippen molar-refractivity contribution in [1.82, 2.24) is 4.90 Å². The summed E-state index contributed by atoms with van der Waals surface area (Å²) < 4.78 is 0. The van der Waals surface area contributed by atoms with Crippen molar-refractivity contribution in [2.75, 3.05) is 13.1 Å². The molecule has 0 aliphatic rings. The molecule has 0 aliphatic heterocycles. The van der Waals surface area contributed by atoms with E-state index in [2.05, 4.69) is 32.6 Å². The Morgan fingerprint density at radius 3 is 2.17 bits per heavy atom. The third-order valence-electron chi connectivity index (χ3n) is 2.22. The van der Waals surface area contributed by atoms with Crippen LogP contribution in [-0.4, -0.2) is 24.0 Å². The van der Waals surface area contributed by atoms with Gasteiger partial charge in [0.15, 0.2) is 0 Å². The van der Waals surface area contributed by atoms with Gasteiger partial charge < -0.3 is 4.90 Å². The average Bonchev–Trinajstić information content (AvgIpc) is 2.04. The van der Waals surface area contributed by atoms with Crippen LogP contribution in [0, 0.1) is 6.92 Å². The van der Waals surface area contributed by atoms with Gasteiger partial charge in [0.1, 0.15) is 0 Å². The lowest BCUT2D eigenvalue weighted by molar-refractivity contribution is 0.216. The Balaban J connectivity index is 3.55. The number of hydrogen-bond acceptors (Lipinski definition) is 1. The fraction of sp³-hybridized carbons (Fsp3) is 0.909. The summed E-state index contributed by atoms with van der Waals surface area (Å²) in [6.07, 6.45) is 4.93. The number of unbranched alkanes of at least 4 members (excludes halogenated alkanes) is 2. The normalized spacial score (nSPS) is 11.5. The van der Waals surface area contributed by atoms with Gasteiger partial charge in [0.05, 0.1) is 0 Å². The molecule has 0 spiro atoms. The van der Waals surface area contributed by atoms with Gasteiger partial charge >= 0.3 is 0 Å². The molecule has 73 valence electrons. The highest BCUT2D eigenvalue weighted by atomic mass is 15.1. The van der Waals surface area contributed by atoms with Crippen molar-refractivity contribution in [1.29, 1.82) is 0 Å². The third kappa shape index (κ3) is 5.59. The number of nitrogens with zero attached hydrogens (tertiary/aromatic N) is 1. The van der Waals surface area contributed by atoms with Gasteiger partial charge in [-0.3, -0.25) is 0 Å². The van der Waals surface area contributed by atoms with Crippen LogP contribution in [0.15, 0.2) is 0 Å². The fourth-order valence-corrected chi connectivity index (χ4v) is 1.30. The molecule has 0 amide bonds. The van der Waals surface area contributed by atoms with Gasteiger partial charge in [0, 0.05) is 6.04 Å². The minimum atomic E-state index is 0.697. The molecule has 0 bridgehead atoms. The third-order valence-corrected chi connectivity index (χ3v) is 2.22. The Morgan fingerprint density at radius 1 is 1.17 bits per heavy atom. The van der Waals surface area contributed by atoms with Crippen molar-refractivity contribution in [3.63, 3.8) is 0 Å². The first-order valence-corrected chi connectivity index (χ1v) is 5.25. The maximum Gasteiger partial charge on any atom is 0.00385 e. The van der Waals surface area contributed by atoms with E-state index < -0.39 is 0 Å². The van der Waals surface area contributed by atoms with Crippen LogP contribution in [0.5, 0.6) is 0 Å². The predicted octanol–water partition coefficient (Wildman–Crippen LogP) is 3.11. The molecule has 0 fully saturated rings. The zero-order valence-corrected chi connectivity index (χ0v) is 8.97. The summed E-state index contributed by atoms with van der Waals surface area (Å²) in [6, 6.07) is 0.697. The van der Waals surface area contributed by atoms with Gasteiger partial charge in [-0.2, -0.15) is 0 Å². The average molecular weight is 170 g/mol. The fourth-order valence-electron chi connectivity index (χ4n) is 1.30. The van der Waals surface area contributed by atoms with Crippen molar-refractivity contribution < 1.29 is 0 Å². The van der Waals surface area contributed by atoms with Crippen molar-refractivity contribution >= 4 is 0 Å². The molecule has 0 atom stereocenters. The van der Waals surface area contributed by atoms with Crippen LogP contribution < -0.4 is 0 Å². The van der Waals surface area contributed by atoms with Crippen LogP contribution in [0.3, 0.4) is 0 Å². The summed E-state index contributed by atoms with van der Waals surface area (Å²) in [7, 11) is 0. The molecule has 0 aromatic carbocycles. The molecule has 1 nitrogen and oxygen atoms in total. The molecule has 0 aromatic heterocycles. The standard InChI is InChI=1S/C11H24N/c1-5-7-9-12(11(3)4)10-8-6-2/h11H,1,5-10H2,2-4H3. The van der Waals surface area contributed by atoms with E-state index in [0.29, 0.717) is 6.04 Å². The highest BCUT2D eigenvalue weighted by molar-refractivity contribution is 4.62. The predicted molar refractivity (Wildman–Crippen MR) is 56.2 cm³/mol. The number of hydrogen-bond donors (Lipinski definition) is 0. The van der Waals surface area contributed by atoms with E-state index in [-0.39, 0.29) is 0 Å². The van der Waals surface area contributed by atoms with Crippen LogP contribution in [0.2, 0.25) is 0 Å². The van der Waals surface area contributed by atoms with E-state index >= 15 is 0 Å². The molecular formula is C11H24N. The van der Waals surface area contributed by atoms with Gasteiger partial charge in [-0.05, 0) is 39.8 Å². The second kappa shape index (κ2) is 7.60.